The number of thioether (sulfide) groups is 1. The van der Waals surface area contributed by atoms with Crippen molar-refractivity contribution in [3.05, 3.63) is 15.5 Å². The summed E-state index contributed by atoms with van der Waals surface area (Å²) in [6, 6.07) is 0. The van der Waals surface area contributed by atoms with Crippen LogP contribution in [0, 0.1) is 0 Å². The molecule has 0 amide bonds. The van der Waals surface area contributed by atoms with Gasteiger partial charge in [-0.2, -0.15) is 0 Å². The summed E-state index contributed by atoms with van der Waals surface area (Å²) in [6.07, 6.45) is 0. The largest absolute Gasteiger partial charge is 0.254 e. The number of hydrogen-bond donors (Lipinski definition) is 0. The van der Waals surface area contributed by atoms with Gasteiger partial charge >= 0.3 is 0 Å². The van der Waals surface area contributed by atoms with Gasteiger partial charge in [0.2, 0.25) is 0 Å². The van der Waals surface area contributed by atoms with Crippen LogP contribution in [0.25, 0.3) is 4.91 Å². The lowest BCUT2D eigenvalue weighted by atomic mass is 10.6. The van der Waals surface area contributed by atoms with E-state index in [0.717, 1.165) is 17.2 Å². The third kappa shape index (κ3) is 0.669. The third-order valence-electron chi connectivity index (χ3n) is 1.59. The molecule has 1 aromatic rings. The van der Waals surface area contributed by atoms with Gasteiger partial charge in [0.25, 0.3) is 0 Å². The van der Waals surface area contributed by atoms with E-state index in [4.69, 9.17) is 0 Å². The number of nitrogens with zero attached hydrogens (tertiary/aromatic N) is 3. The summed E-state index contributed by atoms with van der Waals surface area (Å²) in [4.78, 5) is 13.8. The van der Waals surface area contributed by atoms with Crippen molar-refractivity contribution < 1.29 is 0 Å². The maximum absolute atomic E-state index is 4.27. The van der Waals surface area contributed by atoms with Crippen molar-refractivity contribution in [2.75, 3.05) is 5.88 Å². The molecule has 0 atom stereocenters. The number of thiazole rings is 1. The maximum Gasteiger partial charge on any atom is 0.173 e. The molecule has 0 saturated carbocycles. The number of hydrogen-bond acceptors (Lipinski definition) is 5. The Labute approximate surface area is 70.6 Å². The van der Waals surface area contributed by atoms with Gasteiger partial charge < -0.3 is 0 Å². The molecule has 0 bridgehead atoms. The highest BCUT2D eigenvalue weighted by atomic mass is 32.2. The molecule has 0 saturated heterocycles. The Morgan fingerprint density at radius 3 is 3.45 bits per heavy atom. The fourth-order valence-corrected chi connectivity index (χ4v) is 2.88. The Bertz CT molecular complexity index is 456. The normalized spacial score (nSPS) is 19.3. The molecule has 0 aromatic carbocycles. The van der Waals surface area contributed by atoms with Gasteiger partial charge in [-0.15, -0.1) is 11.3 Å². The zero-order valence-corrected chi connectivity index (χ0v) is 7.08. The van der Waals surface area contributed by atoms with Gasteiger partial charge in [0.15, 0.2) is 11.3 Å². The molecule has 0 fully saturated rings. The number of aromatic nitrogens is 1. The molecule has 5 heteroatoms. The Kier molecular flexibility index (Phi) is 1.03. The molecule has 2 aliphatic heterocycles. The smallest absolute Gasteiger partial charge is 0.173 e. The summed E-state index contributed by atoms with van der Waals surface area (Å²) in [5.74, 6) is 1.72. The number of amidine groups is 1. The maximum atomic E-state index is 4.27. The summed E-state index contributed by atoms with van der Waals surface area (Å²) < 4.78 is 1.20. The topological polar surface area (TPSA) is 37.6 Å². The van der Waals surface area contributed by atoms with Crippen LogP contribution in [0.5, 0.6) is 0 Å². The van der Waals surface area contributed by atoms with Gasteiger partial charge in [0, 0.05) is 0 Å². The molecular formula is C6H3N3S2. The van der Waals surface area contributed by atoms with Gasteiger partial charge in [-0.1, -0.05) is 11.8 Å². The van der Waals surface area contributed by atoms with Crippen molar-refractivity contribution in [2.24, 2.45) is 9.98 Å². The first kappa shape index (κ1) is 5.91. The summed E-state index contributed by atoms with van der Waals surface area (Å²) in [5, 5.41) is 0. The van der Waals surface area contributed by atoms with Crippen LogP contribution in [-0.4, -0.2) is 16.7 Å². The fraction of sp³-hybridized carbons (Fsp3) is 0.167. The van der Waals surface area contributed by atoms with Crippen LogP contribution in [0.3, 0.4) is 0 Å². The van der Waals surface area contributed by atoms with E-state index in [1.54, 1.807) is 23.1 Å². The average molecular weight is 181 g/mol. The van der Waals surface area contributed by atoms with E-state index in [0.29, 0.717) is 0 Å². The zero-order chi connectivity index (χ0) is 7.26. The number of fused-ring (bicyclic) bond motifs is 2. The van der Waals surface area contributed by atoms with Crippen LogP contribution in [-0.2, 0) is 0 Å². The van der Waals surface area contributed by atoms with E-state index in [-0.39, 0.29) is 0 Å². The summed E-state index contributed by atoms with van der Waals surface area (Å²) in [6.45, 7) is 0. The molecule has 3 heterocycles. The molecule has 54 valence electrons. The van der Waals surface area contributed by atoms with Crippen molar-refractivity contribution in [1.82, 2.24) is 4.98 Å². The SMILES string of the molecule is c1nc2c(s1)=C1SCN=C1N=2. The molecular weight excluding hydrogens is 178 g/mol. The van der Waals surface area contributed by atoms with Crippen molar-refractivity contribution in [1.29, 1.82) is 0 Å². The number of aliphatic imine (C=N–C) groups is 1. The molecule has 2 aliphatic rings. The van der Waals surface area contributed by atoms with E-state index >= 15 is 0 Å². The Morgan fingerprint density at radius 1 is 1.45 bits per heavy atom. The second-order valence-corrected chi connectivity index (χ2v) is 4.01. The second kappa shape index (κ2) is 1.92. The van der Waals surface area contributed by atoms with Gasteiger partial charge in [0.05, 0.1) is 20.8 Å². The Morgan fingerprint density at radius 2 is 2.45 bits per heavy atom. The summed E-state index contributed by atoms with van der Waals surface area (Å²) in [7, 11) is 0. The molecule has 3 nitrogen and oxygen atoms in total. The van der Waals surface area contributed by atoms with E-state index in [9.17, 15) is 0 Å². The lowest BCUT2D eigenvalue weighted by molar-refractivity contribution is 1.22. The van der Waals surface area contributed by atoms with Crippen LogP contribution in [0.1, 0.15) is 0 Å². The third-order valence-corrected chi connectivity index (χ3v) is 3.49. The van der Waals surface area contributed by atoms with Crippen molar-refractivity contribution in [2.45, 2.75) is 0 Å². The fourth-order valence-electron chi connectivity index (χ4n) is 1.12. The van der Waals surface area contributed by atoms with Crippen LogP contribution in [0.2, 0.25) is 0 Å². The van der Waals surface area contributed by atoms with E-state index < -0.39 is 0 Å². The minimum atomic E-state index is 0.825. The highest BCUT2D eigenvalue weighted by molar-refractivity contribution is 8.09. The molecule has 0 spiro atoms. The van der Waals surface area contributed by atoms with Crippen molar-refractivity contribution >= 4 is 33.8 Å². The molecule has 11 heavy (non-hydrogen) atoms. The standard InChI is InChI=1S/C6H3N3S2/c1-7-5-3(10-1)4-6(9-5)8-2-11-4/h1H,2H2. The first-order valence-electron chi connectivity index (χ1n) is 3.15. The lowest BCUT2D eigenvalue weighted by Gasteiger charge is -1.84. The van der Waals surface area contributed by atoms with Crippen LogP contribution in [0.15, 0.2) is 15.5 Å². The van der Waals surface area contributed by atoms with Crippen LogP contribution in [0.4, 0.5) is 0 Å². The second-order valence-electron chi connectivity index (χ2n) is 2.20. The molecule has 0 N–H and O–H groups in total. The van der Waals surface area contributed by atoms with Gasteiger partial charge in [0.1, 0.15) is 0 Å². The first-order valence-corrected chi connectivity index (χ1v) is 5.02. The van der Waals surface area contributed by atoms with Crippen LogP contribution >= 0.6 is 23.1 Å². The average Bonchev–Trinajstić information content (AvgIpc) is 2.52. The zero-order valence-electron chi connectivity index (χ0n) is 5.44. The highest BCUT2D eigenvalue weighted by Gasteiger charge is 2.20. The van der Waals surface area contributed by atoms with Crippen molar-refractivity contribution in [3.63, 3.8) is 0 Å². The molecule has 0 radical (unpaired) electrons. The minimum Gasteiger partial charge on any atom is -0.254 e. The van der Waals surface area contributed by atoms with Gasteiger partial charge in [-0.25, -0.2) is 9.98 Å². The van der Waals surface area contributed by atoms with Crippen molar-refractivity contribution in [3.8, 4) is 0 Å². The lowest BCUT2D eigenvalue weighted by Crippen LogP contribution is -2.17. The highest BCUT2D eigenvalue weighted by Crippen LogP contribution is 2.26. The predicted octanol–water partition coefficient (Wildman–Crippen LogP) is -0.0127. The predicted molar refractivity (Wildman–Crippen MR) is 46.2 cm³/mol. The van der Waals surface area contributed by atoms with Gasteiger partial charge in [-0.3, -0.25) is 4.99 Å². The van der Waals surface area contributed by atoms with E-state index in [1.807, 2.05) is 5.51 Å². The molecule has 1 aromatic heterocycles. The van der Waals surface area contributed by atoms with Crippen LogP contribution < -0.4 is 10.0 Å². The Hall–Kier alpha value is -0.680. The van der Waals surface area contributed by atoms with E-state index in [1.165, 1.54) is 9.44 Å². The number of rotatable bonds is 0. The first-order chi connectivity index (χ1) is 5.45. The molecule has 0 aliphatic carbocycles. The Balaban J connectivity index is 2.55. The molecule has 0 unspecified atom stereocenters. The minimum absolute atomic E-state index is 0.825. The summed E-state index contributed by atoms with van der Waals surface area (Å²) >= 11 is 3.39. The quantitative estimate of drug-likeness (QED) is 0.564. The van der Waals surface area contributed by atoms with E-state index in [2.05, 4.69) is 15.0 Å². The molecule has 3 rings (SSSR count). The summed E-state index contributed by atoms with van der Waals surface area (Å²) in [5.41, 5.74) is 2.69. The monoisotopic (exact) mass is 181 g/mol. The van der Waals surface area contributed by atoms with Gasteiger partial charge in [-0.05, 0) is 0 Å².